The third kappa shape index (κ3) is 2.30. The van der Waals surface area contributed by atoms with Gasteiger partial charge in [-0.05, 0) is 23.6 Å². The van der Waals surface area contributed by atoms with Crippen molar-refractivity contribution in [3.63, 3.8) is 0 Å². The summed E-state index contributed by atoms with van der Waals surface area (Å²) in [6.45, 7) is 6.07. The fraction of sp³-hybridized carbons (Fsp3) is 0.429. The lowest BCUT2D eigenvalue weighted by atomic mass is 9.98. The average molecular weight is 274 g/mol. The number of fused-ring (bicyclic) bond motifs is 1. The van der Waals surface area contributed by atoms with Crippen LogP contribution in [0.1, 0.15) is 36.7 Å². The Hall–Kier alpha value is -1.62. The molecule has 0 saturated carbocycles. The number of nitrogen functional groups attached to an aromatic ring is 1. The molecule has 0 saturated heterocycles. The van der Waals surface area contributed by atoms with E-state index in [0.29, 0.717) is 5.92 Å². The van der Waals surface area contributed by atoms with Gasteiger partial charge in [0.05, 0.1) is 0 Å². The van der Waals surface area contributed by atoms with Crippen LogP contribution in [0.4, 0.5) is 10.8 Å². The molecule has 0 bridgehead atoms. The number of hydrogen-bond donors (Lipinski definition) is 1. The minimum absolute atomic E-state index is 0.382. The molecule has 2 N–H and O–H groups in total. The summed E-state index contributed by atoms with van der Waals surface area (Å²) in [6, 6.07) is 6.18. The fourth-order valence-corrected chi connectivity index (χ4v) is 3.19. The SMILES string of the molecule is CC(C)c1nsc(N2CCc3cccc(N)c3C2)n1. The van der Waals surface area contributed by atoms with Crippen molar-refractivity contribution in [3.8, 4) is 0 Å². The van der Waals surface area contributed by atoms with Crippen molar-refractivity contribution in [2.45, 2.75) is 32.7 Å². The Morgan fingerprint density at radius 2 is 2.21 bits per heavy atom. The first kappa shape index (κ1) is 12.4. The van der Waals surface area contributed by atoms with Crippen LogP contribution in [0, 0.1) is 0 Å². The zero-order valence-electron chi connectivity index (χ0n) is 11.3. The topological polar surface area (TPSA) is 55.0 Å². The Morgan fingerprint density at radius 3 is 2.95 bits per heavy atom. The van der Waals surface area contributed by atoms with Crippen LogP contribution in [0.5, 0.6) is 0 Å². The number of nitrogens with zero attached hydrogens (tertiary/aromatic N) is 3. The summed E-state index contributed by atoms with van der Waals surface area (Å²) in [5.41, 5.74) is 9.57. The molecule has 0 amide bonds. The van der Waals surface area contributed by atoms with Gasteiger partial charge in [-0.25, -0.2) is 4.98 Å². The Labute approximate surface area is 117 Å². The predicted octanol–water partition coefficient (Wildman–Crippen LogP) is 2.81. The van der Waals surface area contributed by atoms with Crippen molar-refractivity contribution in [1.82, 2.24) is 9.36 Å². The average Bonchev–Trinajstić information content (AvgIpc) is 2.89. The first-order chi connectivity index (χ1) is 9.15. The number of nitrogens with two attached hydrogens (primary N) is 1. The van der Waals surface area contributed by atoms with E-state index in [1.807, 2.05) is 12.1 Å². The van der Waals surface area contributed by atoms with Gasteiger partial charge >= 0.3 is 0 Å². The molecule has 1 aliphatic rings. The standard InChI is InChI=1S/C14H18N4S/c1-9(2)13-16-14(19-17-13)18-7-6-10-4-3-5-12(15)11(10)8-18/h3-5,9H,6-8,15H2,1-2H3. The summed E-state index contributed by atoms with van der Waals surface area (Å²) in [5, 5.41) is 1.01. The van der Waals surface area contributed by atoms with Crippen LogP contribution in [-0.4, -0.2) is 15.9 Å². The molecule has 100 valence electrons. The quantitative estimate of drug-likeness (QED) is 0.856. The molecule has 0 radical (unpaired) electrons. The second kappa shape index (κ2) is 4.81. The molecule has 0 unspecified atom stereocenters. The highest BCUT2D eigenvalue weighted by atomic mass is 32.1. The molecule has 3 rings (SSSR count). The van der Waals surface area contributed by atoms with E-state index in [1.165, 1.54) is 22.7 Å². The van der Waals surface area contributed by atoms with Crippen molar-refractivity contribution < 1.29 is 0 Å². The van der Waals surface area contributed by atoms with Gasteiger partial charge in [-0.3, -0.25) is 0 Å². The summed E-state index contributed by atoms with van der Waals surface area (Å²) in [5.74, 6) is 1.32. The van der Waals surface area contributed by atoms with E-state index >= 15 is 0 Å². The normalized spacial score (nSPS) is 14.8. The number of benzene rings is 1. The van der Waals surface area contributed by atoms with Gasteiger partial charge in [0.1, 0.15) is 5.82 Å². The van der Waals surface area contributed by atoms with Crippen LogP contribution in [0.25, 0.3) is 0 Å². The molecule has 0 atom stereocenters. The minimum atomic E-state index is 0.382. The van der Waals surface area contributed by atoms with Crippen LogP contribution in [0.15, 0.2) is 18.2 Å². The molecule has 2 aromatic rings. The largest absolute Gasteiger partial charge is 0.398 e. The molecule has 4 nitrogen and oxygen atoms in total. The fourth-order valence-electron chi connectivity index (χ4n) is 2.36. The summed E-state index contributed by atoms with van der Waals surface area (Å²) >= 11 is 1.49. The predicted molar refractivity (Wildman–Crippen MR) is 79.6 cm³/mol. The number of hydrogen-bond acceptors (Lipinski definition) is 5. The molecule has 1 aliphatic heterocycles. The van der Waals surface area contributed by atoms with Crippen molar-refractivity contribution in [3.05, 3.63) is 35.2 Å². The highest BCUT2D eigenvalue weighted by Crippen LogP contribution is 2.29. The maximum absolute atomic E-state index is 6.08. The van der Waals surface area contributed by atoms with Crippen molar-refractivity contribution in [2.24, 2.45) is 0 Å². The van der Waals surface area contributed by atoms with E-state index in [-0.39, 0.29) is 0 Å². The lowest BCUT2D eigenvalue weighted by Crippen LogP contribution is -2.30. The van der Waals surface area contributed by atoms with Gasteiger partial charge in [0.2, 0.25) is 5.13 Å². The number of rotatable bonds is 2. The smallest absolute Gasteiger partial charge is 0.205 e. The van der Waals surface area contributed by atoms with E-state index in [0.717, 1.165) is 36.2 Å². The van der Waals surface area contributed by atoms with Gasteiger partial charge in [0.25, 0.3) is 0 Å². The Bertz CT molecular complexity index is 591. The molecule has 0 aliphatic carbocycles. The van der Waals surface area contributed by atoms with Crippen LogP contribution >= 0.6 is 11.5 Å². The van der Waals surface area contributed by atoms with Gasteiger partial charge in [-0.15, -0.1) is 0 Å². The highest BCUT2D eigenvalue weighted by molar-refractivity contribution is 7.09. The molecule has 1 aromatic carbocycles. The monoisotopic (exact) mass is 274 g/mol. The van der Waals surface area contributed by atoms with Crippen LogP contribution in [-0.2, 0) is 13.0 Å². The molecule has 5 heteroatoms. The number of anilines is 2. The van der Waals surface area contributed by atoms with Crippen molar-refractivity contribution in [1.29, 1.82) is 0 Å². The zero-order chi connectivity index (χ0) is 13.4. The highest BCUT2D eigenvalue weighted by Gasteiger charge is 2.21. The second-order valence-electron chi connectivity index (χ2n) is 5.25. The molecule has 19 heavy (non-hydrogen) atoms. The minimum Gasteiger partial charge on any atom is -0.398 e. The summed E-state index contributed by atoms with van der Waals surface area (Å²) < 4.78 is 4.43. The van der Waals surface area contributed by atoms with E-state index in [9.17, 15) is 0 Å². The summed E-state index contributed by atoms with van der Waals surface area (Å²) in [6.07, 6.45) is 1.02. The Morgan fingerprint density at radius 1 is 1.37 bits per heavy atom. The molecule has 0 fully saturated rings. The van der Waals surface area contributed by atoms with Crippen LogP contribution in [0.2, 0.25) is 0 Å². The summed E-state index contributed by atoms with van der Waals surface area (Å²) in [4.78, 5) is 6.91. The summed E-state index contributed by atoms with van der Waals surface area (Å²) in [7, 11) is 0. The molecule has 2 heterocycles. The molecule has 1 aromatic heterocycles. The molecular weight excluding hydrogens is 256 g/mol. The molecular formula is C14H18N4S. The van der Waals surface area contributed by atoms with Gasteiger partial charge < -0.3 is 10.6 Å². The first-order valence-electron chi connectivity index (χ1n) is 6.60. The third-order valence-electron chi connectivity index (χ3n) is 3.53. The number of aromatic nitrogens is 2. The maximum atomic E-state index is 6.08. The van der Waals surface area contributed by atoms with E-state index in [1.54, 1.807) is 0 Å². The van der Waals surface area contributed by atoms with E-state index in [4.69, 9.17) is 5.73 Å². The lowest BCUT2D eigenvalue weighted by molar-refractivity contribution is 0.722. The van der Waals surface area contributed by atoms with Gasteiger partial charge in [-0.1, -0.05) is 26.0 Å². The molecule has 0 spiro atoms. The van der Waals surface area contributed by atoms with Crippen molar-refractivity contribution in [2.75, 3.05) is 17.2 Å². The first-order valence-corrected chi connectivity index (χ1v) is 7.37. The Kier molecular flexibility index (Phi) is 3.14. The lowest BCUT2D eigenvalue weighted by Gasteiger charge is -2.29. The van der Waals surface area contributed by atoms with Crippen LogP contribution < -0.4 is 10.6 Å². The van der Waals surface area contributed by atoms with Crippen LogP contribution in [0.3, 0.4) is 0 Å². The second-order valence-corrected chi connectivity index (χ2v) is 5.98. The van der Waals surface area contributed by atoms with Gasteiger partial charge in [-0.2, -0.15) is 4.37 Å². The van der Waals surface area contributed by atoms with Crippen molar-refractivity contribution >= 4 is 22.4 Å². The Balaban J connectivity index is 1.86. The van der Waals surface area contributed by atoms with E-state index in [2.05, 4.69) is 34.2 Å². The third-order valence-corrected chi connectivity index (χ3v) is 4.32. The van der Waals surface area contributed by atoms with Gasteiger partial charge in [0, 0.05) is 36.2 Å². The van der Waals surface area contributed by atoms with E-state index < -0.39 is 0 Å². The maximum Gasteiger partial charge on any atom is 0.205 e. The van der Waals surface area contributed by atoms with Gasteiger partial charge in [0.15, 0.2) is 0 Å². The zero-order valence-corrected chi connectivity index (χ0v) is 12.1.